The quantitative estimate of drug-likeness (QED) is 0.831. The van der Waals surface area contributed by atoms with Gasteiger partial charge >= 0.3 is 0 Å². The van der Waals surface area contributed by atoms with Crippen molar-refractivity contribution in [2.75, 3.05) is 26.7 Å². The number of piperazine rings is 1. The standard InChI is InChI=1S/C14H21BrN2O2S/c1-4-12-10-17(8-7-16(12)3)20(18,19)14-6-5-11(2)9-13(14)15/h5-6,9,12H,4,7-8,10H2,1-3H3. The summed E-state index contributed by atoms with van der Waals surface area (Å²) in [6.45, 7) is 5.94. The van der Waals surface area contributed by atoms with Crippen LogP contribution in [-0.4, -0.2) is 50.3 Å². The lowest BCUT2D eigenvalue weighted by molar-refractivity contribution is 0.144. The molecule has 0 N–H and O–H groups in total. The fraction of sp³-hybridized carbons (Fsp3) is 0.571. The summed E-state index contributed by atoms with van der Waals surface area (Å²) in [6, 6.07) is 5.67. The van der Waals surface area contributed by atoms with Gasteiger partial charge < -0.3 is 4.90 Å². The second-order valence-electron chi connectivity index (χ2n) is 5.34. The fourth-order valence-corrected chi connectivity index (χ4v) is 5.15. The summed E-state index contributed by atoms with van der Waals surface area (Å²) < 4.78 is 27.8. The number of aryl methyl sites for hydroxylation is 1. The smallest absolute Gasteiger partial charge is 0.244 e. The Hall–Kier alpha value is -0.430. The molecule has 0 bridgehead atoms. The van der Waals surface area contributed by atoms with Crippen molar-refractivity contribution in [3.8, 4) is 0 Å². The van der Waals surface area contributed by atoms with E-state index in [9.17, 15) is 8.42 Å². The normalized spacial score (nSPS) is 22.1. The van der Waals surface area contributed by atoms with E-state index < -0.39 is 10.0 Å². The van der Waals surface area contributed by atoms with Crippen LogP contribution in [0, 0.1) is 6.92 Å². The van der Waals surface area contributed by atoms with Crippen LogP contribution in [0.4, 0.5) is 0 Å². The number of hydrogen-bond acceptors (Lipinski definition) is 3. The average molecular weight is 361 g/mol. The molecule has 0 saturated carbocycles. The van der Waals surface area contributed by atoms with Gasteiger partial charge in [0.15, 0.2) is 0 Å². The van der Waals surface area contributed by atoms with Gasteiger partial charge in [-0.15, -0.1) is 0 Å². The summed E-state index contributed by atoms with van der Waals surface area (Å²) in [5, 5.41) is 0. The molecule has 1 atom stereocenters. The zero-order chi connectivity index (χ0) is 14.9. The Balaban J connectivity index is 2.31. The molecular weight excluding hydrogens is 340 g/mol. The molecular formula is C14H21BrN2O2S. The third kappa shape index (κ3) is 3.08. The number of rotatable bonds is 3. The van der Waals surface area contributed by atoms with Crippen molar-refractivity contribution in [1.29, 1.82) is 0 Å². The minimum absolute atomic E-state index is 0.294. The molecule has 1 unspecified atom stereocenters. The summed E-state index contributed by atoms with van der Waals surface area (Å²) in [5.41, 5.74) is 1.04. The van der Waals surface area contributed by atoms with Crippen LogP contribution in [-0.2, 0) is 10.0 Å². The third-order valence-corrected chi connectivity index (χ3v) is 6.76. The molecule has 112 valence electrons. The van der Waals surface area contributed by atoms with Crippen molar-refractivity contribution in [3.05, 3.63) is 28.2 Å². The van der Waals surface area contributed by atoms with Gasteiger partial charge in [-0.2, -0.15) is 4.31 Å². The Morgan fingerprint density at radius 2 is 2.05 bits per heavy atom. The monoisotopic (exact) mass is 360 g/mol. The van der Waals surface area contributed by atoms with Crippen molar-refractivity contribution < 1.29 is 8.42 Å². The van der Waals surface area contributed by atoms with Gasteiger partial charge in [-0.25, -0.2) is 8.42 Å². The lowest BCUT2D eigenvalue weighted by Gasteiger charge is -2.38. The predicted octanol–water partition coefficient (Wildman–Crippen LogP) is 2.47. The highest BCUT2D eigenvalue weighted by molar-refractivity contribution is 9.10. The van der Waals surface area contributed by atoms with Gasteiger partial charge in [-0.05, 0) is 54.0 Å². The van der Waals surface area contributed by atoms with Gasteiger partial charge in [0, 0.05) is 30.1 Å². The molecule has 1 aliphatic heterocycles. The van der Waals surface area contributed by atoms with Crippen molar-refractivity contribution in [2.45, 2.75) is 31.2 Å². The van der Waals surface area contributed by atoms with E-state index >= 15 is 0 Å². The highest BCUT2D eigenvalue weighted by Gasteiger charge is 2.32. The van der Waals surface area contributed by atoms with Gasteiger partial charge in [-0.3, -0.25) is 0 Å². The summed E-state index contributed by atoms with van der Waals surface area (Å²) in [5.74, 6) is 0. The zero-order valence-corrected chi connectivity index (χ0v) is 14.5. The van der Waals surface area contributed by atoms with Crippen LogP contribution in [0.15, 0.2) is 27.6 Å². The van der Waals surface area contributed by atoms with Crippen molar-refractivity contribution in [1.82, 2.24) is 9.21 Å². The lowest BCUT2D eigenvalue weighted by atomic mass is 10.1. The summed E-state index contributed by atoms with van der Waals surface area (Å²) in [4.78, 5) is 2.60. The highest BCUT2D eigenvalue weighted by Crippen LogP contribution is 2.27. The van der Waals surface area contributed by atoms with Crippen LogP contribution in [0.5, 0.6) is 0 Å². The summed E-state index contributed by atoms with van der Waals surface area (Å²) >= 11 is 3.38. The van der Waals surface area contributed by atoms with Crippen LogP contribution >= 0.6 is 15.9 Å². The van der Waals surface area contributed by atoms with E-state index in [1.165, 1.54) is 0 Å². The Bertz CT molecular complexity index is 589. The zero-order valence-electron chi connectivity index (χ0n) is 12.1. The molecule has 6 heteroatoms. The molecule has 1 aromatic carbocycles. The molecule has 1 aromatic rings. The molecule has 0 aliphatic carbocycles. The number of benzene rings is 1. The van der Waals surface area contributed by atoms with Crippen molar-refractivity contribution in [3.63, 3.8) is 0 Å². The molecule has 20 heavy (non-hydrogen) atoms. The van der Waals surface area contributed by atoms with Crippen LogP contribution in [0.1, 0.15) is 18.9 Å². The molecule has 1 aliphatic rings. The van der Waals surface area contributed by atoms with Crippen LogP contribution in [0.2, 0.25) is 0 Å². The summed E-state index contributed by atoms with van der Waals surface area (Å²) in [7, 11) is -1.36. The van der Waals surface area contributed by atoms with Crippen LogP contribution in [0.25, 0.3) is 0 Å². The first kappa shape index (κ1) is 15.9. The maximum atomic E-state index is 12.8. The molecule has 4 nitrogen and oxygen atoms in total. The Morgan fingerprint density at radius 1 is 1.35 bits per heavy atom. The fourth-order valence-electron chi connectivity index (χ4n) is 2.53. The highest BCUT2D eigenvalue weighted by atomic mass is 79.9. The number of likely N-dealkylation sites (N-methyl/N-ethyl adjacent to an activating group) is 1. The summed E-state index contributed by atoms with van der Waals surface area (Å²) in [6.07, 6.45) is 0.956. The van der Waals surface area contributed by atoms with Gasteiger partial charge in [-0.1, -0.05) is 13.0 Å². The Labute approximate surface area is 129 Å². The number of sulfonamides is 1. The van der Waals surface area contributed by atoms with E-state index in [2.05, 4.69) is 34.8 Å². The minimum Gasteiger partial charge on any atom is -0.301 e. The molecule has 1 heterocycles. The van der Waals surface area contributed by atoms with E-state index in [1.54, 1.807) is 10.4 Å². The first-order chi connectivity index (χ1) is 9.36. The Morgan fingerprint density at radius 3 is 2.65 bits per heavy atom. The second kappa shape index (κ2) is 6.13. The van der Waals surface area contributed by atoms with E-state index in [4.69, 9.17) is 0 Å². The van der Waals surface area contributed by atoms with Crippen molar-refractivity contribution >= 4 is 26.0 Å². The molecule has 1 fully saturated rings. The van der Waals surface area contributed by atoms with E-state index in [-0.39, 0.29) is 0 Å². The molecule has 2 rings (SSSR count). The molecule has 1 saturated heterocycles. The van der Waals surface area contributed by atoms with Crippen molar-refractivity contribution in [2.24, 2.45) is 0 Å². The number of nitrogens with zero attached hydrogens (tertiary/aromatic N) is 2. The largest absolute Gasteiger partial charge is 0.301 e. The maximum absolute atomic E-state index is 12.8. The maximum Gasteiger partial charge on any atom is 0.244 e. The predicted molar refractivity (Wildman–Crippen MR) is 84.3 cm³/mol. The average Bonchev–Trinajstić information content (AvgIpc) is 2.38. The topological polar surface area (TPSA) is 40.6 Å². The number of hydrogen-bond donors (Lipinski definition) is 0. The van der Waals surface area contributed by atoms with E-state index in [0.29, 0.717) is 28.5 Å². The third-order valence-electron chi connectivity index (χ3n) is 3.92. The van der Waals surface area contributed by atoms with Gasteiger partial charge in [0.1, 0.15) is 0 Å². The molecule has 0 radical (unpaired) electrons. The van der Waals surface area contributed by atoms with Gasteiger partial charge in [0.2, 0.25) is 10.0 Å². The molecule has 0 aromatic heterocycles. The molecule has 0 spiro atoms. The van der Waals surface area contributed by atoms with E-state index in [0.717, 1.165) is 18.5 Å². The minimum atomic E-state index is -3.42. The Kier molecular flexibility index (Phi) is 4.89. The van der Waals surface area contributed by atoms with Crippen LogP contribution < -0.4 is 0 Å². The van der Waals surface area contributed by atoms with Crippen LogP contribution in [0.3, 0.4) is 0 Å². The second-order valence-corrected chi connectivity index (χ2v) is 8.10. The van der Waals surface area contributed by atoms with Gasteiger partial charge in [0.05, 0.1) is 4.90 Å². The lowest BCUT2D eigenvalue weighted by Crippen LogP contribution is -2.52. The van der Waals surface area contributed by atoms with Gasteiger partial charge in [0.25, 0.3) is 0 Å². The number of halogens is 1. The first-order valence-corrected chi connectivity index (χ1v) is 9.06. The van der Waals surface area contributed by atoms with E-state index in [1.807, 2.05) is 19.1 Å². The first-order valence-electron chi connectivity index (χ1n) is 6.82. The molecule has 0 amide bonds. The SMILES string of the molecule is CCC1CN(S(=O)(=O)c2ccc(C)cc2Br)CCN1C.